The molecule has 1 heterocycles. The molecule has 1 atom stereocenters. The number of methoxy groups -OCH3 is 2. The molecule has 0 bridgehead atoms. The van der Waals surface area contributed by atoms with Crippen LogP contribution in [0, 0.1) is 0 Å². The highest BCUT2D eigenvalue weighted by Crippen LogP contribution is 2.32. The summed E-state index contributed by atoms with van der Waals surface area (Å²) in [4.78, 5) is 12.4. The molecule has 1 aliphatic heterocycles. The molecule has 0 spiro atoms. The first kappa shape index (κ1) is 20.8. The molecule has 2 amide bonds. The van der Waals surface area contributed by atoms with E-state index in [1.165, 1.54) is 0 Å². The van der Waals surface area contributed by atoms with E-state index in [-0.39, 0.29) is 18.9 Å². The van der Waals surface area contributed by atoms with Crippen molar-refractivity contribution in [3.05, 3.63) is 53.6 Å². The first-order chi connectivity index (χ1) is 14.2. The zero-order valence-electron chi connectivity index (χ0n) is 16.9. The number of hydrogen-bond acceptors (Lipinski definition) is 5. The van der Waals surface area contributed by atoms with Gasteiger partial charge in [0.1, 0.15) is 5.75 Å². The monoisotopic (exact) mass is 400 g/mol. The van der Waals surface area contributed by atoms with Crippen LogP contribution in [0.15, 0.2) is 42.5 Å². The molecule has 0 aromatic heterocycles. The summed E-state index contributed by atoms with van der Waals surface area (Å²) in [6.07, 6.45) is 2.15. The van der Waals surface area contributed by atoms with Crippen LogP contribution in [0.4, 0.5) is 4.79 Å². The van der Waals surface area contributed by atoms with E-state index in [2.05, 4.69) is 10.6 Å². The SMILES string of the molecule is COCCCNC(=O)NC(Cc1ccc(OC)cc1)Cc1ccc2c(c1)OCO2. The number of hydrogen-bond donors (Lipinski definition) is 2. The molecule has 0 saturated carbocycles. The third kappa shape index (κ3) is 6.29. The molecule has 7 nitrogen and oxygen atoms in total. The molecular weight excluding hydrogens is 372 g/mol. The van der Waals surface area contributed by atoms with Gasteiger partial charge in [-0.25, -0.2) is 4.79 Å². The Hall–Kier alpha value is -2.93. The zero-order chi connectivity index (χ0) is 20.5. The summed E-state index contributed by atoms with van der Waals surface area (Å²) in [6, 6.07) is 13.5. The molecule has 0 aliphatic carbocycles. The molecule has 1 unspecified atom stereocenters. The van der Waals surface area contributed by atoms with Crippen LogP contribution < -0.4 is 24.8 Å². The summed E-state index contributed by atoms with van der Waals surface area (Å²) in [5.41, 5.74) is 2.20. The number of nitrogens with one attached hydrogen (secondary N) is 2. The van der Waals surface area contributed by atoms with Gasteiger partial charge in [0.25, 0.3) is 0 Å². The van der Waals surface area contributed by atoms with Gasteiger partial charge in [-0.2, -0.15) is 0 Å². The van der Waals surface area contributed by atoms with Gasteiger partial charge >= 0.3 is 6.03 Å². The second-order valence-corrected chi connectivity index (χ2v) is 6.89. The molecule has 156 valence electrons. The van der Waals surface area contributed by atoms with Crippen LogP contribution in [0.1, 0.15) is 17.5 Å². The molecular formula is C22H28N2O5. The summed E-state index contributed by atoms with van der Waals surface area (Å²) in [6.45, 7) is 1.43. The van der Waals surface area contributed by atoms with Crippen LogP contribution in [0.25, 0.3) is 0 Å². The molecule has 2 N–H and O–H groups in total. The number of carbonyl (C=O) groups excluding carboxylic acids is 1. The van der Waals surface area contributed by atoms with Gasteiger partial charge in [0.2, 0.25) is 6.79 Å². The van der Waals surface area contributed by atoms with Crippen molar-refractivity contribution in [1.29, 1.82) is 0 Å². The normalized spacial score (nSPS) is 13.0. The van der Waals surface area contributed by atoms with Gasteiger partial charge in [0, 0.05) is 26.3 Å². The average Bonchev–Trinajstić information content (AvgIpc) is 3.19. The van der Waals surface area contributed by atoms with Crippen molar-refractivity contribution in [2.75, 3.05) is 34.2 Å². The second kappa shape index (κ2) is 10.6. The fourth-order valence-corrected chi connectivity index (χ4v) is 3.23. The highest BCUT2D eigenvalue weighted by Gasteiger charge is 2.18. The summed E-state index contributed by atoms with van der Waals surface area (Å²) < 4.78 is 21.1. The topological polar surface area (TPSA) is 78.1 Å². The Balaban J connectivity index is 1.65. The number of amides is 2. The molecule has 0 fully saturated rings. The largest absolute Gasteiger partial charge is 0.497 e. The molecule has 3 rings (SSSR count). The highest BCUT2D eigenvalue weighted by molar-refractivity contribution is 5.74. The van der Waals surface area contributed by atoms with Crippen molar-refractivity contribution in [2.45, 2.75) is 25.3 Å². The summed E-state index contributed by atoms with van der Waals surface area (Å²) in [5, 5.41) is 5.98. The Labute approximate surface area is 171 Å². The fourth-order valence-electron chi connectivity index (χ4n) is 3.23. The Bertz CT molecular complexity index is 794. The zero-order valence-corrected chi connectivity index (χ0v) is 16.9. The predicted octanol–water partition coefficient (Wildman–Crippen LogP) is 2.91. The van der Waals surface area contributed by atoms with Crippen LogP contribution in [0.2, 0.25) is 0 Å². The number of carbonyl (C=O) groups is 1. The number of fused-ring (bicyclic) bond motifs is 1. The maximum absolute atomic E-state index is 12.4. The lowest BCUT2D eigenvalue weighted by atomic mass is 9.98. The van der Waals surface area contributed by atoms with Crippen LogP contribution in [-0.4, -0.2) is 46.2 Å². The van der Waals surface area contributed by atoms with Gasteiger partial charge in [0.05, 0.1) is 7.11 Å². The molecule has 2 aromatic carbocycles. The third-order valence-electron chi connectivity index (χ3n) is 4.71. The van der Waals surface area contributed by atoms with Crippen LogP contribution in [0.3, 0.4) is 0 Å². The average molecular weight is 400 g/mol. The van der Waals surface area contributed by atoms with E-state index in [1.807, 2.05) is 42.5 Å². The standard InChI is InChI=1S/C22H28N2O5/c1-26-11-3-10-23-22(25)24-18(12-16-4-7-19(27-2)8-5-16)13-17-6-9-20-21(14-17)29-15-28-20/h4-9,14,18H,3,10-13,15H2,1-2H3,(H2,23,24,25). The summed E-state index contributed by atoms with van der Waals surface area (Å²) >= 11 is 0. The highest BCUT2D eigenvalue weighted by atomic mass is 16.7. The van der Waals surface area contributed by atoms with E-state index in [0.717, 1.165) is 34.8 Å². The number of ether oxygens (including phenoxy) is 4. The molecule has 1 aliphatic rings. The second-order valence-electron chi connectivity index (χ2n) is 6.89. The lowest BCUT2D eigenvalue weighted by Crippen LogP contribution is -2.44. The van der Waals surface area contributed by atoms with Crippen molar-refractivity contribution >= 4 is 6.03 Å². The van der Waals surface area contributed by atoms with E-state index in [0.29, 0.717) is 26.0 Å². The lowest BCUT2D eigenvalue weighted by molar-refractivity contribution is 0.174. The fraction of sp³-hybridized carbons (Fsp3) is 0.409. The minimum absolute atomic E-state index is 0.0776. The van der Waals surface area contributed by atoms with Gasteiger partial charge < -0.3 is 29.6 Å². The Kier molecular flexibility index (Phi) is 7.58. The van der Waals surface area contributed by atoms with Gasteiger partial charge in [-0.1, -0.05) is 18.2 Å². The van der Waals surface area contributed by atoms with Gasteiger partial charge in [-0.3, -0.25) is 0 Å². The van der Waals surface area contributed by atoms with E-state index in [1.54, 1.807) is 14.2 Å². The Morgan fingerprint density at radius 1 is 1.03 bits per heavy atom. The number of rotatable bonds is 10. The number of benzene rings is 2. The van der Waals surface area contributed by atoms with Gasteiger partial charge in [-0.15, -0.1) is 0 Å². The van der Waals surface area contributed by atoms with Crippen molar-refractivity contribution < 1.29 is 23.7 Å². The van der Waals surface area contributed by atoms with E-state index < -0.39 is 0 Å². The lowest BCUT2D eigenvalue weighted by Gasteiger charge is -2.20. The van der Waals surface area contributed by atoms with Gasteiger partial charge in [-0.05, 0) is 54.7 Å². The van der Waals surface area contributed by atoms with Crippen LogP contribution >= 0.6 is 0 Å². The minimum Gasteiger partial charge on any atom is -0.497 e. The summed E-state index contributed by atoms with van der Waals surface area (Å²) in [5.74, 6) is 2.31. The molecule has 7 heteroatoms. The van der Waals surface area contributed by atoms with Crippen molar-refractivity contribution in [3.63, 3.8) is 0 Å². The summed E-state index contributed by atoms with van der Waals surface area (Å²) in [7, 11) is 3.29. The maximum Gasteiger partial charge on any atom is 0.315 e. The first-order valence-corrected chi connectivity index (χ1v) is 9.72. The quantitative estimate of drug-likeness (QED) is 0.600. The number of urea groups is 1. The van der Waals surface area contributed by atoms with Crippen molar-refractivity contribution in [1.82, 2.24) is 10.6 Å². The molecule has 0 radical (unpaired) electrons. The predicted molar refractivity (Wildman–Crippen MR) is 110 cm³/mol. The smallest absolute Gasteiger partial charge is 0.315 e. The van der Waals surface area contributed by atoms with E-state index >= 15 is 0 Å². The van der Waals surface area contributed by atoms with Crippen LogP contribution in [-0.2, 0) is 17.6 Å². The first-order valence-electron chi connectivity index (χ1n) is 9.72. The van der Waals surface area contributed by atoms with Crippen LogP contribution in [0.5, 0.6) is 17.2 Å². The third-order valence-corrected chi connectivity index (χ3v) is 4.71. The van der Waals surface area contributed by atoms with E-state index in [4.69, 9.17) is 18.9 Å². The molecule has 0 saturated heterocycles. The molecule has 29 heavy (non-hydrogen) atoms. The Morgan fingerprint density at radius 3 is 2.52 bits per heavy atom. The van der Waals surface area contributed by atoms with E-state index in [9.17, 15) is 4.79 Å². The maximum atomic E-state index is 12.4. The minimum atomic E-state index is -0.180. The van der Waals surface area contributed by atoms with Crippen molar-refractivity contribution in [2.24, 2.45) is 0 Å². The van der Waals surface area contributed by atoms with Gasteiger partial charge in [0.15, 0.2) is 11.5 Å². The van der Waals surface area contributed by atoms with Crippen molar-refractivity contribution in [3.8, 4) is 17.2 Å². The molecule has 2 aromatic rings. The Morgan fingerprint density at radius 2 is 1.76 bits per heavy atom.